The Balaban J connectivity index is 1.64. The molecule has 0 fully saturated rings. The molecular weight excluding hydrogens is 388 g/mol. The van der Waals surface area contributed by atoms with Crippen molar-refractivity contribution in [2.75, 3.05) is 44.1 Å². The molecule has 0 aliphatic carbocycles. The first kappa shape index (κ1) is 22.6. The first-order valence-corrected chi connectivity index (χ1v) is 10.7. The highest BCUT2D eigenvalue weighted by Crippen LogP contribution is 2.18. The maximum Gasteiger partial charge on any atom is 0.253 e. The Morgan fingerprint density at radius 1 is 0.931 bits per heavy atom. The Labute approximate surface area is 176 Å². The minimum atomic E-state index is -0.0842. The topological polar surface area (TPSA) is 67.9 Å². The summed E-state index contributed by atoms with van der Waals surface area (Å²) in [6.07, 6.45) is 0.977. The minimum absolute atomic E-state index is 0.0680. The second kappa shape index (κ2) is 12.0. The quantitative estimate of drug-likeness (QED) is 0.562. The van der Waals surface area contributed by atoms with Crippen molar-refractivity contribution >= 4 is 29.3 Å². The number of carbonyl (C=O) groups excluding carboxylic acids is 2. The zero-order valence-electron chi connectivity index (χ0n) is 17.1. The number of anilines is 1. The average Bonchev–Trinajstić information content (AvgIpc) is 2.72. The zero-order valence-corrected chi connectivity index (χ0v) is 18.0. The molecule has 0 unspecified atom stereocenters. The highest BCUT2D eigenvalue weighted by atomic mass is 32.2. The van der Waals surface area contributed by atoms with Crippen molar-refractivity contribution in [3.63, 3.8) is 0 Å². The number of hydrogen-bond donors (Lipinski definition) is 1. The highest BCUT2D eigenvalue weighted by molar-refractivity contribution is 7.99. The van der Waals surface area contributed by atoms with E-state index in [1.165, 1.54) is 16.7 Å². The number of hydrogen-bond acceptors (Lipinski definition) is 5. The standard InChI is InChI=1S/C22H28N2O4S/c1-4-13-27-19-9-11-20(12-10-19)28-14-15-29-16-21(25)23-18-7-5-17(6-8-18)22(26)24(2)3/h5-12H,4,13-16H2,1-3H3,(H,23,25). The second-order valence-corrected chi connectivity index (χ2v) is 7.65. The number of ether oxygens (including phenoxy) is 2. The van der Waals surface area contributed by atoms with Gasteiger partial charge in [-0.1, -0.05) is 6.92 Å². The molecule has 0 saturated heterocycles. The van der Waals surface area contributed by atoms with Gasteiger partial charge in [0.1, 0.15) is 11.5 Å². The molecule has 1 N–H and O–H groups in total. The van der Waals surface area contributed by atoms with Gasteiger partial charge in [0.2, 0.25) is 5.91 Å². The van der Waals surface area contributed by atoms with Crippen molar-refractivity contribution in [2.24, 2.45) is 0 Å². The van der Waals surface area contributed by atoms with Gasteiger partial charge in [-0.25, -0.2) is 0 Å². The van der Waals surface area contributed by atoms with E-state index in [0.717, 1.165) is 17.9 Å². The van der Waals surface area contributed by atoms with Gasteiger partial charge < -0.3 is 19.7 Å². The number of thioether (sulfide) groups is 1. The maximum absolute atomic E-state index is 12.0. The maximum atomic E-state index is 12.0. The van der Waals surface area contributed by atoms with E-state index in [1.807, 2.05) is 24.3 Å². The lowest BCUT2D eigenvalue weighted by Gasteiger charge is -2.11. The van der Waals surface area contributed by atoms with Gasteiger partial charge in [-0.05, 0) is 55.0 Å². The molecule has 0 aliphatic heterocycles. The number of nitrogens with zero attached hydrogens (tertiary/aromatic N) is 1. The van der Waals surface area contributed by atoms with Crippen LogP contribution in [0, 0.1) is 0 Å². The van der Waals surface area contributed by atoms with Crippen LogP contribution in [-0.2, 0) is 4.79 Å². The van der Waals surface area contributed by atoms with Crippen molar-refractivity contribution < 1.29 is 19.1 Å². The molecule has 0 radical (unpaired) electrons. The van der Waals surface area contributed by atoms with Crippen LogP contribution in [0.2, 0.25) is 0 Å². The third kappa shape index (κ3) is 8.07. The molecule has 2 amide bonds. The molecule has 2 aromatic carbocycles. The van der Waals surface area contributed by atoms with Crippen LogP contribution in [0.3, 0.4) is 0 Å². The molecule has 0 heterocycles. The summed E-state index contributed by atoms with van der Waals surface area (Å²) in [6, 6.07) is 14.4. The summed E-state index contributed by atoms with van der Waals surface area (Å²) in [4.78, 5) is 25.4. The molecule has 0 aromatic heterocycles. The summed E-state index contributed by atoms with van der Waals surface area (Å²) in [5.74, 6) is 2.51. The van der Waals surface area contributed by atoms with Crippen molar-refractivity contribution in [3.8, 4) is 11.5 Å². The lowest BCUT2D eigenvalue weighted by atomic mass is 10.2. The lowest BCUT2D eigenvalue weighted by Crippen LogP contribution is -2.21. The van der Waals surface area contributed by atoms with Gasteiger partial charge in [-0.3, -0.25) is 9.59 Å². The minimum Gasteiger partial charge on any atom is -0.494 e. The molecule has 2 aromatic rings. The van der Waals surface area contributed by atoms with E-state index in [4.69, 9.17) is 9.47 Å². The Kier molecular flexibility index (Phi) is 9.37. The van der Waals surface area contributed by atoms with Crippen LogP contribution in [0.15, 0.2) is 48.5 Å². The fourth-order valence-electron chi connectivity index (χ4n) is 2.39. The molecule has 2 rings (SSSR count). The van der Waals surface area contributed by atoms with Crippen LogP contribution in [0.1, 0.15) is 23.7 Å². The number of amides is 2. The van der Waals surface area contributed by atoms with Gasteiger partial charge in [0.25, 0.3) is 5.91 Å². The molecule has 0 aliphatic rings. The van der Waals surface area contributed by atoms with Crippen molar-refractivity contribution in [3.05, 3.63) is 54.1 Å². The van der Waals surface area contributed by atoms with Gasteiger partial charge in [0.05, 0.1) is 19.0 Å². The summed E-state index contributed by atoms with van der Waals surface area (Å²) in [6.45, 7) is 3.30. The molecular formula is C22H28N2O4S. The summed E-state index contributed by atoms with van der Waals surface area (Å²) >= 11 is 1.50. The van der Waals surface area contributed by atoms with E-state index in [-0.39, 0.29) is 11.8 Å². The summed E-state index contributed by atoms with van der Waals surface area (Å²) in [5.41, 5.74) is 1.26. The molecule has 29 heavy (non-hydrogen) atoms. The number of rotatable bonds is 11. The first-order valence-electron chi connectivity index (χ1n) is 9.54. The Morgan fingerprint density at radius 3 is 2.07 bits per heavy atom. The second-order valence-electron chi connectivity index (χ2n) is 6.55. The number of carbonyl (C=O) groups is 2. The van der Waals surface area contributed by atoms with Crippen LogP contribution in [-0.4, -0.2) is 55.5 Å². The van der Waals surface area contributed by atoms with Crippen molar-refractivity contribution in [1.29, 1.82) is 0 Å². The number of nitrogens with one attached hydrogen (secondary N) is 1. The van der Waals surface area contributed by atoms with Crippen LogP contribution >= 0.6 is 11.8 Å². The van der Waals surface area contributed by atoms with Crippen molar-refractivity contribution in [1.82, 2.24) is 4.90 Å². The summed E-state index contributed by atoms with van der Waals surface area (Å²) in [7, 11) is 3.41. The normalized spacial score (nSPS) is 10.3. The first-order chi connectivity index (χ1) is 14.0. The molecule has 0 spiro atoms. The average molecular weight is 417 g/mol. The fourth-order valence-corrected chi connectivity index (χ4v) is 2.99. The van der Waals surface area contributed by atoms with E-state index in [9.17, 15) is 9.59 Å². The zero-order chi connectivity index (χ0) is 21.1. The van der Waals surface area contributed by atoms with Gasteiger partial charge in [-0.2, -0.15) is 0 Å². The summed E-state index contributed by atoms with van der Waals surface area (Å²) in [5, 5.41) is 2.83. The van der Waals surface area contributed by atoms with Crippen LogP contribution in [0.25, 0.3) is 0 Å². The van der Waals surface area contributed by atoms with Crippen LogP contribution in [0.5, 0.6) is 11.5 Å². The third-order valence-electron chi connectivity index (χ3n) is 3.85. The monoisotopic (exact) mass is 416 g/mol. The molecule has 6 nitrogen and oxygen atoms in total. The van der Waals surface area contributed by atoms with Crippen molar-refractivity contribution in [2.45, 2.75) is 13.3 Å². The fraction of sp³-hybridized carbons (Fsp3) is 0.364. The molecule has 0 atom stereocenters. The van der Waals surface area contributed by atoms with Gasteiger partial charge in [0, 0.05) is 31.1 Å². The molecule has 7 heteroatoms. The predicted molar refractivity (Wildman–Crippen MR) is 118 cm³/mol. The van der Waals surface area contributed by atoms with E-state index < -0.39 is 0 Å². The van der Waals surface area contributed by atoms with Gasteiger partial charge in [-0.15, -0.1) is 11.8 Å². The lowest BCUT2D eigenvalue weighted by molar-refractivity contribution is -0.113. The molecule has 0 bridgehead atoms. The van der Waals surface area contributed by atoms with E-state index >= 15 is 0 Å². The van der Waals surface area contributed by atoms with E-state index in [1.54, 1.807) is 38.4 Å². The third-order valence-corrected chi connectivity index (χ3v) is 4.77. The van der Waals surface area contributed by atoms with E-state index in [2.05, 4.69) is 12.2 Å². The molecule has 156 valence electrons. The predicted octanol–water partition coefficient (Wildman–Crippen LogP) is 3.93. The smallest absolute Gasteiger partial charge is 0.253 e. The summed E-state index contributed by atoms with van der Waals surface area (Å²) < 4.78 is 11.2. The Bertz CT molecular complexity index is 776. The van der Waals surface area contributed by atoms with Gasteiger partial charge >= 0.3 is 0 Å². The Morgan fingerprint density at radius 2 is 1.52 bits per heavy atom. The van der Waals surface area contributed by atoms with Gasteiger partial charge in [0.15, 0.2) is 0 Å². The van der Waals surface area contributed by atoms with Crippen LogP contribution < -0.4 is 14.8 Å². The van der Waals surface area contributed by atoms with Crippen LogP contribution in [0.4, 0.5) is 5.69 Å². The molecule has 0 saturated carbocycles. The highest BCUT2D eigenvalue weighted by Gasteiger charge is 2.08. The van der Waals surface area contributed by atoms with E-state index in [0.29, 0.717) is 36.0 Å². The largest absolute Gasteiger partial charge is 0.494 e. The SMILES string of the molecule is CCCOc1ccc(OCCSCC(=O)Nc2ccc(C(=O)N(C)C)cc2)cc1. The number of benzene rings is 2. The Hall–Kier alpha value is -2.67.